The summed E-state index contributed by atoms with van der Waals surface area (Å²) in [5, 5.41) is 1.25. The second-order valence-electron chi connectivity index (χ2n) is 8.35. The average Bonchev–Trinajstić information content (AvgIpc) is 3.21. The second-order valence-corrected chi connectivity index (χ2v) is 8.35. The number of fused-ring (bicyclic) bond motifs is 5. The molecule has 0 N–H and O–H groups in total. The standard InChI is InChI=1S/C30H22N2O3/c1-2-35-30(34)27-24-19-22(20-11-5-3-6-12-20)17-18-26(24)32-29(33)23-15-9-10-16-25(23)31(32)28(27)21-13-7-4-8-14-21/h3-19H,2H2,1H3. The van der Waals surface area contributed by atoms with Crippen molar-refractivity contribution in [1.82, 2.24) is 9.03 Å². The number of esters is 1. The zero-order valence-electron chi connectivity index (χ0n) is 19.1. The van der Waals surface area contributed by atoms with E-state index in [9.17, 15) is 9.59 Å². The second kappa shape index (κ2) is 8.29. The van der Waals surface area contributed by atoms with Gasteiger partial charge in [0.25, 0.3) is 5.56 Å². The predicted molar refractivity (Wildman–Crippen MR) is 139 cm³/mol. The molecule has 4 aromatic carbocycles. The minimum absolute atomic E-state index is 0.134. The van der Waals surface area contributed by atoms with E-state index in [4.69, 9.17) is 4.74 Å². The molecule has 170 valence electrons. The van der Waals surface area contributed by atoms with Crippen LogP contribution in [0.25, 0.3) is 44.2 Å². The fourth-order valence-electron chi connectivity index (χ4n) is 4.83. The van der Waals surface area contributed by atoms with E-state index in [2.05, 4.69) is 0 Å². The van der Waals surface area contributed by atoms with E-state index < -0.39 is 5.97 Å². The summed E-state index contributed by atoms with van der Waals surface area (Å²) in [7, 11) is 0. The number of para-hydroxylation sites is 1. The number of nitrogens with zero attached hydrogens (tertiary/aromatic N) is 2. The minimum atomic E-state index is -0.422. The molecule has 0 aliphatic carbocycles. The Kier molecular flexibility index (Phi) is 4.96. The van der Waals surface area contributed by atoms with Gasteiger partial charge < -0.3 is 4.74 Å². The van der Waals surface area contributed by atoms with Crippen LogP contribution in [0.15, 0.2) is 108 Å². The smallest absolute Gasteiger partial charge is 0.341 e. The number of benzene rings is 4. The lowest BCUT2D eigenvalue weighted by Gasteiger charge is -2.18. The number of aromatic nitrogens is 2. The van der Waals surface area contributed by atoms with Gasteiger partial charge in [0, 0.05) is 10.9 Å². The third-order valence-electron chi connectivity index (χ3n) is 6.33. The topological polar surface area (TPSA) is 52.2 Å². The molecule has 0 aliphatic heterocycles. The molecule has 0 fully saturated rings. The fourth-order valence-corrected chi connectivity index (χ4v) is 4.83. The highest BCUT2D eigenvalue weighted by Crippen LogP contribution is 2.34. The van der Waals surface area contributed by atoms with E-state index in [1.165, 1.54) is 0 Å². The van der Waals surface area contributed by atoms with Gasteiger partial charge in [-0.3, -0.25) is 4.79 Å². The molecule has 6 aromatic rings. The van der Waals surface area contributed by atoms with Crippen molar-refractivity contribution >= 4 is 27.8 Å². The Morgan fingerprint density at radius 3 is 2.03 bits per heavy atom. The summed E-state index contributed by atoms with van der Waals surface area (Å²) in [4.78, 5) is 27.2. The van der Waals surface area contributed by atoms with Crippen LogP contribution in [0.5, 0.6) is 0 Å². The Morgan fingerprint density at radius 2 is 1.31 bits per heavy atom. The van der Waals surface area contributed by atoms with Gasteiger partial charge in [0.05, 0.1) is 34.3 Å². The van der Waals surface area contributed by atoms with Crippen molar-refractivity contribution in [3.8, 4) is 22.4 Å². The van der Waals surface area contributed by atoms with E-state index in [1.807, 2.05) is 108 Å². The molecule has 2 heterocycles. The van der Waals surface area contributed by atoms with Crippen LogP contribution < -0.4 is 5.56 Å². The first-order chi connectivity index (χ1) is 17.2. The lowest BCUT2D eigenvalue weighted by molar-refractivity contribution is 0.0529. The highest BCUT2D eigenvalue weighted by atomic mass is 16.5. The molecule has 0 saturated carbocycles. The normalized spacial score (nSPS) is 11.3. The Balaban J connectivity index is 1.88. The summed E-state index contributed by atoms with van der Waals surface area (Å²) in [5.41, 5.74) is 5.11. The quantitative estimate of drug-likeness (QED) is 0.295. The maximum atomic E-state index is 13.7. The summed E-state index contributed by atoms with van der Waals surface area (Å²) < 4.78 is 9.09. The number of carbonyl (C=O) groups excluding carboxylic acids is 1. The molecule has 5 heteroatoms. The molecule has 0 unspecified atom stereocenters. The first-order valence-corrected chi connectivity index (χ1v) is 11.6. The maximum Gasteiger partial charge on any atom is 0.341 e. The lowest BCUT2D eigenvalue weighted by Crippen LogP contribution is -2.18. The fraction of sp³-hybridized carbons (Fsp3) is 0.0667. The first kappa shape index (κ1) is 20.9. The Morgan fingerprint density at radius 1 is 0.686 bits per heavy atom. The van der Waals surface area contributed by atoms with Crippen molar-refractivity contribution in [3.63, 3.8) is 0 Å². The number of rotatable bonds is 4. The molecule has 0 amide bonds. The SMILES string of the molecule is CCOC(=O)c1c(-c2ccccc2)n2c3ccccc3c(=O)n2c2ccc(-c3ccccc3)cc12. The van der Waals surface area contributed by atoms with E-state index in [0.717, 1.165) is 22.2 Å². The molecule has 0 spiro atoms. The molecule has 0 bridgehead atoms. The molecule has 0 saturated heterocycles. The van der Waals surface area contributed by atoms with Crippen molar-refractivity contribution in [1.29, 1.82) is 0 Å². The monoisotopic (exact) mass is 458 g/mol. The van der Waals surface area contributed by atoms with Crippen molar-refractivity contribution < 1.29 is 9.53 Å². The van der Waals surface area contributed by atoms with E-state index in [1.54, 1.807) is 11.4 Å². The van der Waals surface area contributed by atoms with E-state index in [0.29, 0.717) is 27.5 Å². The van der Waals surface area contributed by atoms with Crippen LogP contribution in [0, 0.1) is 0 Å². The molecule has 0 atom stereocenters. The number of hydrogen-bond donors (Lipinski definition) is 0. The van der Waals surface area contributed by atoms with Gasteiger partial charge in [0.1, 0.15) is 0 Å². The molecule has 0 aliphatic rings. The Labute approximate surface area is 201 Å². The number of hydrogen-bond acceptors (Lipinski definition) is 3. The number of ether oxygens (including phenoxy) is 1. The summed E-state index contributed by atoms with van der Waals surface area (Å²) in [6.07, 6.45) is 0. The molecule has 5 nitrogen and oxygen atoms in total. The summed E-state index contributed by atoms with van der Waals surface area (Å²) in [6.45, 7) is 2.04. The summed E-state index contributed by atoms with van der Waals surface area (Å²) >= 11 is 0. The highest BCUT2D eigenvalue weighted by Gasteiger charge is 2.25. The Bertz CT molecular complexity index is 1780. The van der Waals surface area contributed by atoms with Gasteiger partial charge in [-0.2, -0.15) is 0 Å². The van der Waals surface area contributed by atoms with Gasteiger partial charge in [0.2, 0.25) is 0 Å². The van der Waals surface area contributed by atoms with Gasteiger partial charge in [0.15, 0.2) is 0 Å². The highest BCUT2D eigenvalue weighted by molar-refractivity contribution is 6.10. The van der Waals surface area contributed by atoms with E-state index in [-0.39, 0.29) is 12.2 Å². The Hall–Kier alpha value is -4.64. The third kappa shape index (κ3) is 3.24. The molecule has 35 heavy (non-hydrogen) atoms. The largest absolute Gasteiger partial charge is 0.462 e. The zero-order valence-corrected chi connectivity index (χ0v) is 19.1. The third-order valence-corrected chi connectivity index (χ3v) is 6.33. The summed E-state index contributed by atoms with van der Waals surface area (Å²) in [5.74, 6) is -0.422. The van der Waals surface area contributed by atoms with Gasteiger partial charge >= 0.3 is 5.97 Å². The van der Waals surface area contributed by atoms with Crippen LogP contribution in [-0.4, -0.2) is 21.6 Å². The average molecular weight is 459 g/mol. The number of carbonyl (C=O) groups is 1. The summed E-state index contributed by atoms with van der Waals surface area (Å²) in [6, 6.07) is 33.0. The van der Waals surface area contributed by atoms with Gasteiger partial charge in [-0.25, -0.2) is 13.8 Å². The van der Waals surface area contributed by atoms with Gasteiger partial charge in [-0.15, -0.1) is 0 Å². The molecule has 0 radical (unpaired) electrons. The van der Waals surface area contributed by atoms with Crippen LogP contribution >= 0.6 is 0 Å². The van der Waals surface area contributed by atoms with Crippen LogP contribution in [-0.2, 0) is 4.74 Å². The van der Waals surface area contributed by atoms with Crippen molar-refractivity contribution in [2.24, 2.45) is 0 Å². The molecule has 6 rings (SSSR count). The zero-order chi connectivity index (χ0) is 23.9. The lowest BCUT2D eigenvalue weighted by atomic mass is 9.97. The van der Waals surface area contributed by atoms with Gasteiger partial charge in [-0.1, -0.05) is 78.9 Å². The van der Waals surface area contributed by atoms with Crippen LogP contribution in [0.2, 0.25) is 0 Å². The predicted octanol–water partition coefficient (Wildman–Crippen LogP) is 6.22. The molecular weight excluding hydrogens is 436 g/mol. The van der Waals surface area contributed by atoms with Crippen LogP contribution in [0.4, 0.5) is 0 Å². The molecular formula is C30H22N2O3. The van der Waals surface area contributed by atoms with Crippen molar-refractivity contribution in [2.45, 2.75) is 6.92 Å². The first-order valence-electron chi connectivity index (χ1n) is 11.6. The van der Waals surface area contributed by atoms with Crippen molar-refractivity contribution in [2.75, 3.05) is 6.61 Å². The maximum absolute atomic E-state index is 13.7. The molecule has 2 aromatic heterocycles. The van der Waals surface area contributed by atoms with Crippen molar-refractivity contribution in [3.05, 3.63) is 119 Å². The van der Waals surface area contributed by atoms with Crippen LogP contribution in [0.3, 0.4) is 0 Å². The minimum Gasteiger partial charge on any atom is -0.462 e. The van der Waals surface area contributed by atoms with E-state index >= 15 is 0 Å². The van der Waals surface area contributed by atoms with Gasteiger partial charge in [-0.05, 0) is 42.3 Å². The van der Waals surface area contributed by atoms with Crippen LogP contribution in [0.1, 0.15) is 17.3 Å².